The average molecular weight is 355 g/mol. The number of rotatable bonds is 6. The Labute approximate surface area is 154 Å². The van der Waals surface area contributed by atoms with Crippen molar-refractivity contribution in [2.75, 3.05) is 43.1 Å². The molecule has 6 nitrogen and oxygen atoms in total. The number of benzene rings is 1. The lowest BCUT2D eigenvalue weighted by Crippen LogP contribution is -2.36. The van der Waals surface area contributed by atoms with Gasteiger partial charge in [-0.1, -0.05) is 12.1 Å². The summed E-state index contributed by atoms with van der Waals surface area (Å²) in [5, 5.41) is 2.81. The van der Waals surface area contributed by atoms with Gasteiger partial charge in [0.05, 0.1) is 38.1 Å². The lowest BCUT2D eigenvalue weighted by atomic mass is 10.1. The minimum atomic E-state index is -0.109. The van der Waals surface area contributed by atoms with E-state index in [0.29, 0.717) is 12.4 Å². The minimum Gasteiger partial charge on any atom is -0.493 e. The Bertz CT molecular complexity index is 740. The van der Waals surface area contributed by atoms with Crippen LogP contribution in [0.15, 0.2) is 36.5 Å². The molecule has 1 aromatic carbocycles. The summed E-state index contributed by atoms with van der Waals surface area (Å²) in [6.45, 7) is 7.60. The number of nitrogens with zero attached hydrogens (tertiary/aromatic N) is 2. The SMILES string of the molecule is Cc1cccc(OCCC(=O)Nc2ccc(N3CCOCC3)cn2)c1C. The maximum Gasteiger partial charge on any atom is 0.228 e. The highest BCUT2D eigenvalue weighted by atomic mass is 16.5. The molecule has 1 N–H and O–H groups in total. The molecule has 0 bridgehead atoms. The molecule has 1 aromatic heterocycles. The Balaban J connectivity index is 1.46. The number of anilines is 2. The molecule has 0 atom stereocenters. The van der Waals surface area contributed by atoms with Crippen LogP contribution in [0.5, 0.6) is 5.75 Å². The van der Waals surface area contributed by atoms with E-state index in [1.165, 1.54) is 5.56 Å². The van der Waals surface area contributed by atoms with Gasteiger partial charge in [0.25, 0.3) is 0 Å². The number of nitrogens with one attached hydrogen (secondary N) is 1. The number of hydrogen-bond acceptors (Lipinski definition) is 5. The Kier molecular flexibility index (Phi) is 6.07. The fourth-order valence-electron chi connectivity index (χ4n) is 2.81. The van der Waals surface area contributed by atoms with Crippen molar-refractivity contribution in [2.45, 2.75) is 20.3 Å². The third-order valence-electron chi connectivity index (χ3n) is 4.53. The molecule has 1 fully saturated rings. The Morgan fingerprint density at radius 1 is 1.23 bits per heavy atom. The predicted molar refractivity (Wildman–Crippen MR) is 102 cm³/mol. The van der Waals surface area contributed by atoms with Gasteiger partial charge in [0.1, 0.15) is 11.6 Å². The number of amides is 1. The number of aryl methyl sites for hydroxylation is 1. The first-order chi connectivity index (χ1) is 12.6. The zero-order valence-electron chi connectivity index (χ0n) is 15.3. The van der Waals surface area contributed by atoms with Gasteiger partial charge in [-0.3, -0.25) is 4.79 Å². The second-order valence-electron chi connectivity index (χ2n) is 6.35. The van der Waals surface area contributed by atoms with Crippen LogP contribution in [0.4, 0.5) is 11.5 Å². The van der Waals surface area contributed by atoms with Crippen LogP contribution in [-0.2, 0) is 9.53 Å². The highest BCUT2D eigenvalue weighted by Gasteiger charge is 2.12. The largest absolute Gasteiger partial charge is 0.493 e. The van der Waals surface area contributed by atoms with Crippen molar-refractivity contribution in [1.29, 1.82) is 0 Å². The van der Waals surface area contributed by atoms with Gasteiger partial charge < -0.3 is 19.7 Å². The van der Waals surface area contributed by atoms with E-state index in [-0.39, 0.29) is 12.3 Å². The second kappa shape index (κ2) is 8.67. The molecule has 1 saturated heterocycles. The number of carbonyl (C=O) groups excluding carboxylic acids is 1. The molecule has 6 heteroatoms. The van der Waals surface area contributed by atoms with Gasteiger partial charge in [0.2, 0.25) is 5.91 Å². The zero-order chi connectivity index (χ0) is 18.4. The third-order valence-corrected chi connectivity index (χ3v) is 4.53. The molecular weight excluding hydrogens is 330 g/mol. The lowest BCUT2D eigenvalue weighted by molar-refractivity contribution is -0.116. The van der Waals surface area contributed by atoms with Gasteiger partial charge in [-0.05, 0) is 43.2 Å². The van der Waals surface area contributed by atoms with Crippen molar-refractivity contribution in [3.8, 4) is 5.75 Å². The van der Waals surface area contributed by atoms with Crippen LogP contribution in [-0.4, -0.2) is 43.8 Å². The average Bonchev–Trinajstić information content (AvgIpc) is 2.66. The number of aromatic nitrogens is 1. The van der Waals surface area contributed by atoms with Crippen molar-refractivity contribution in [2.24, 2.45) is 0 Å². The molecule has 138 valence electrons. The van der Waals surface area contributed by atoms with Crippen molar-refractivity contribution in [3.05, 3.63) is 47.7 Å². The fraction of sp³-hybridized carbons (Fsp3) is 0.400. The fourth-order valence-corrected chi connectivity index (χ4v) is 2.81. The first kappa shape index (κ1) is 18.2. The maximum atomic E-state index is 12.1. The van der Waals surface area contributed by atoms with Gasteiger partial charge >= 0.3 is 0 Å². The summed E-state index contributed by atoms with van der Waals surface area (Å²) in [7, 11) is 0. The van der Waals surface area contributed by atoms with Crippen LogP contribution in [0.25, 0.3) is 0 Å². The van der Waals surface area contributed by atoms with E-state index in [1.54, 1.807) is 6.20 Å². The lowest BCUT2D eigenvalue weighted by Gasteiger charge is -2.28. The molecule has 0 unspecified atom stereocenters. The highest BCUT2D eigenvalue weighted by molar-refractivity contribution is 5.89. The van der Waals surface area contributed by atoms with Gasteiger partial charge in [-0.2, -0.15) is 0 Å². The first-order valence-corrected chi connectivity index (χ1v) is 8.91. The number of morpholine rings is 1. The van der Waals surface area contributed by atoms with E-state index < -0.39 is 0 Å². The van der Waals surface area contributed by atoms with Crippen LogP contribution >= 0.6 is 0 Å². The Morgan fingerprint density at radius 2 is 2.04 bits per heavy atom. The van der Waals surface area contributed by atoms with Crippen LogP contribution in [0, 0.1) is 13.8 Å². The number of pyridine rings is 1. The normalized spacial score (nSPS) is 14.2. The molecule has 0 aliphatic carbocycles. The van der Waals surface area contributed by atoms with Gasteiger partial charge in [0.15, 0.2) is 0 Å². The summed E-state index contributed by atoms with van der Waals surface area (Å²) in [6, 6.07) is 9.72. The summed E-state index contributed by atoms with van der Waals surface area (Å²) < 4.78 is 11.1. The molecule has 1 aliphatic rings. The molecule has 26 heavy (non-hydrogen) atoms. The summed E-state index contributed by atoms with van der Waals surface area (Å²) in [6.07, 6.45) is 2.06. The van der Waals surface area contributed by atoms with Crippen molar-refractivity contribution >= 4 is 17.4 Å². The summed E-state index contributed by atoms with van der Waals surface area (Å²) in [5.74, 6) is 1.27. The number of ether oxygens (including phenoxy) is 2. The van der Waals surface area contributed by atoms with Crippen molar-refractivity contribution in [3.63, 3.8) is 0 Å². The Hall–Kier alpha value is -2.60. The second-order valence-corrected chi connectivity index (χ2v) is 6.35. The Morgan fingerprint density at radius 3 is 2.77 bits per heavy atom. The molecule has 2 aromatic rings. The minimum absolute atomic E-state index is 0.109. The van der Waals surface area contributed by atoms with Gasteiger partial charge in [-0.25, -0.2) is 4.98 Å². The number of carbonyl (C=O) groups is 1. The van der Waals surface area contributed by atoms with E-state index in [1.807, 2.05) is 44.2 Å². The van der Waals surface area contributed by atoms with Gasteiger partial charge in [0, 0.05) is 13.1 Å². The van der Waals surface area contributed by atoms with Crippen molar-refractivity contribution < 1.29 is 14.3 Å². The summed E-state index contributed by atoms with van der Waals surface area (Å²) in [5.41, 5.74) is 3.33. The molecule has 0 saturated carbocycles. The monoisotopic (exact) mass is 355 g/mol. The van der Waals surface area contributed by atoms with E-state index >= 15 is 0 Å². The van der Waals surface area contributed by atoms with E-state index in [2.05, 4.69) is 15.2 Å². The molecule has 0 radical (unpaired) electrons. The van der Waals surface area contributed by atoms with Crippen LogP contribution in [0.3, 0.4) is 0 Å². The van der Waals surface area contributed by atoms with E-state index in [0.717, 1.165) is 43.3 Å². The van der Waals surface area contributed by atoms with Crippen LogP contribution < -0.4 is 15.0 Å². The maximum absolute atomic E-state index is 12.1. The first-order valence-electron chi connectivity index (χ1n) is 8.91. The molecule has 1 amide bonds. The van der Waals surface area contributed by atoms with E-state index in [4.69, 9.17) is 9.47 Å². The molecule has 0 spiro atoms. The zero-order valence-corrected chi connectivity index (χ0v) is 15.3. The molecular formula is C20H25N3O3. The summed E-state index contributed by atoms with van der Waals surface area (Å²) in [4.78, 5) is 18.6. The van der Waals surface area contributed by atoms with Crippen LogP contribution in [0.1, 0.15) is 17.5 Å². The number of hydrogen-bond donors (Lipinski definition) is 1. The molecule has 2 heterocycles. The predicted octanol–water partition coefficient (Wildman–Crippen LogP) is 2.94. The quantitative estimate of drug-likeness (QED) is 0.863. The van der Waals surface area contributed by atoms with Crippen molar-refractivity contribution in [1.82, 2.24) is 4.98 Å². The molecule has 1 aliphatic heterocycles. The summed E-state index contributed by atoms with van der Waals surface area (Å²) >= 11 is 0. The van der Waals surface area contributed by atoms with Crippen LogP contribution in [0.2, 0.25) is 0 Å². The molecule has 3 rings (SSSR count). The standard InChI is InChI=1S/C20H25N3O3/c1-15-4-3-5-18(16(15)2)26-11-8-20(24)22-19-7-6-17(14-21-19)23-9-12-25-13-10-23/h3-7,14H,8-13H2,1-2H3,(H,21,22,24). The van der Waals surface area contributed by atoms with E-state index in [9.17, 15) is 4.79 Å². The smallest absolute Gasteiger partial charge is 0.228 e. The highest BCUT2D eigenvalue weighted by Crippen LogP contribution is 2.21. The van der Waals surface area contributed by atoms with Gasteiger partial charge in [-0.15, -0.1) is 0 Å². The topological polar surface area (TPSA) is 63.7 Å². The third kappa shape index (κ3) is 4.73.